The van der Waals surface area contributed by atoms with Crippen LogP contribution in [0.2, 0.25) is 0 Å². The second-order valence-corrected chi connectivity index (χ2v) is 13.1. The first-order valence-electron chi connectivity index (χ1n) is 13.6. The van der Waals surface area contributed by atoms with Gasteiger partial charge in [-0.1, -0.05) is 20.8 Å². The Bertz CT molecular complexity index is 1500. The molecule has 2 fully saturated rings. The monoisotopic (exact) mass is 549 g/mol. The van der Waals surface area contributed by atoms with Gasteiger partial charge in [0.2, 0.25) is 5.91 Å². The van der Waals surface area contributed by atoms with E-state index < -0.39 is 16.9 Å². The average molecular weight is 550 g/mol. The molecule has 0 spiro atoms. The lowest BCUT2D eigenvalue weighted by Gasteiger charge is -2.49. The lowest BCUT2D eigenvalue weighted by Crippen LogP contribution is -2.63. The minimum Gasteiger partial charge on any atom is -0.481 e. The van der Waals surface area contributed by atoms with Crippen molar-refractivity contribution >= 4 is 23.4 Å². The van der Waals surface area contributed by atoms with E-state index in [1.807, 2.05) is 19.9 Å². The maximum atomic E-state index is 13.8. The molecule has 9 nitrogen and oxygen atoms in total. The Labute approximate surface area is 233 Å². The zero-order valence-corrected chi connectivity index (χ0v) is 23.9. The van der Waals surface area contributed by atoms with Crippen LogP contribution in [0.25, 0.3) is 16.9 Å². The molecular weight excluding hydrogens is 513 g/mol. The topological polar surface area (TPSA) is 108 Å². The second kappa shape index (κ2) is 9.38. The van der Waals surface area contributed by atoms with Gasteiger partial charge in [-0.2, -0.15) is 5.10 Å². The fraction of sp³-hybridized carbons (Fsp3) is 0.500. The van der Waals surface area contributed by atoms with Crippen molar-refractivity contribution in [2.45, 2.75) is 65.3 Å². The molecule has 1 aliphatic carbocycles. The molecule has 212 valence electrons. The SMILES string of the molecule is CC1(C(=O)O)CC(C(=O)N2CCN(C(=O)c3cn4nc(-c5ccc(F)cc5)cc(C(C)(C)C)c4n3)C(C)(C)C2)C1. The molecule has 1 N–H and O–H groups in total. The van der Waals surface area contributed by atoms with Crippen LogP contribution in [0, 0.1) is 17.2 Å². The Morgan fingerprint density at radius 3 is 2.27 bits per heavy atom. The van der Waals surface area contributed by atoms with Gasteiger partial charge in [0.15, 0.2) is 5.65 Å². The van der Waals surface area contributed by atoms with Crippen molar-refractivity contribution in [1.29, 1.82) is 0 Å². The number of carboxylic acids is 1. The van der Waals surface area contributed by atoms with Gasteiger partial charge in [0, 0.05) is 36.7 Å². The van der Waals surface area contributed by atoms with Crippen molar-refractivity contribution in [3.63, 3.8) is 0 Å². The van der Waals surface area contributed by atoms with Crippen LogP contribution in [0.15, 0.2) is 36.5 Å². The van der Waals surface area contributed by atoms with E-state index >= 15 is 0 Å². The maximum Gasteiger partial charge on any atom is 0.309 e. The Kier molecular flexibility index (Phi) is 6.51. The fourth-order valence-electron chi connectivity index (χ4n) is 5.89. The highest BCUT2D eigenvalue weighted by atomic mass is 19.1. The predicted molar refractivity (Wildman–Crippen MR) is 147 cm³/mol. The number of amides is 2. The molecule has 0 bridgehead atoms. The first-order chi connectivity index (χ1) is 18.6. The van der Waals surface area contributed by atoms with E-state index in [4.69, 9.17) is 10.1 Å². The van der Waals surface area contributed by atoms with Gasteiger partial charge in [0.25, 0.3) is 5.91 Å². The first kappa shape index (κ1) is 27.7. The number of hydrogen-bond donors (Lipinski definition) is 1. The normalized spacial score (nSPS) is 22.7. The Balaban J connectivity index is 1.39. The van der Waals surface area contributed by atoms with E-state index in [0.717, 1.165) is 11.1 Å². The number of carboxylic acid groups (broad SMARTS) is 1. The summed E-state index contributed by atoms with van der Waals surface area (Å²) in [5.74, 6) is -1.78. The van der Waals surface area contributed by atoms with Gasteiger partial charge in [-0.05, 0) is 69.4 Å². The molecule has 2 aliphatic rings. The van der Waals surface area contributed by atoms with E-state index in [-0.39, 0.29) is 34.7 Å². The van der Waals surface area contributed by atoms with Crippen molar-refractivity contribution in [2.75, 3.05) is 19.6 Å². The number of imidazole rings is 1. The molecule has 0 atom stereocenters. The highest BCUT2D eigenvalue weighted by Gasteiger charge is 2.51. The van der Waals surface area contributed by atoms with Crippen molar-refractivity contribution in [1.82, 2.24) is 24.4 Å². The molecule has 40 heavy (non-hydrogen) atoms. The predicted octanol–water partition coefficient (Wildman–Crippen LogP) is 4.40. The van der Waals surface area contributed by atoms with E-state index in [9.17, 15) is 23.9 Å². The smallest absolute Gasteiger partial charge is 0.309 e. The molecule has 1 aromatic carbocycles. The van der Waals surface area contributed by atoms with Gasteiger partial charge in [-0.25, -0.2) is 13.9 Å². The minimum absolute atomic E-state index is 0.0426. The number of hydrogen-bond acceptors (Lipinski definition) is 5. The van der Waals surface area contributed by atoms with Crippen LogP contribution in [-0.2, 0) is 15.0 Å². The third-order valence-corrected chi connectivity index (χ3v) is 8.31. The second-order valence-electron chi connectivity index (χ2n) is 13.1. The summed E-state index contributed by atoms with van der Waals surface area (Å²) in [5, 5.41) is 14.1. The summed E-state index contributed by atoms with van der Waals surface area (Å²) in [6, 6.07) is 8.07. The molecule has 0 radical (unpaired) electrons. The third-order valence-electron chi connectivity index (χ3n) is 8.31. The van der Waals surface area contributed by atoms with Gasteiger partial charge in [0.1, 0.15) is 11.5 Å². The van der Waals surface area contributed by atoms with E-state index in [2.05, 4.69) is 20.8 Å². The van der Waals surface area contributed by atoms with Crippen LogP contribution < -0.4 is 0 Å². The first-order valence-corrected chi connectivity index (χ1v) is 13.6. The zero-order valence-electron chi connectivity index (χ0n) is 23.9. The molecule has 1 aliphatic heterocycles. The minimum atomic E-state index is -0.867. The Morgan fingerprint density at radius 1 is 1.05 bits per heavy atom. The molecule has 10 heteroatoms. The van der Waals surface area contributed by atoms with Gasteiger partial charge in [-0.15, -0.1) is 0 Å². The number of piperazine rings is 1. The molecular formula is C30H36FN5O4. The summed E-state index contributed by atoms with van der Waals surface area (Å²) in [6.45, 7) is 12.8. The zero-order chi connectivity index (χ0) is 29.2. The lowest BCUT2D eigenvalue weighted by atomic mass is 9.62. The van der Waals surface area contributed by atoms with Gasteiger partial charge in [-0.3, -0.25) is 14.4 Å². The van der Waals surface area contributed by atoms with Crippen LogP contribution in [0.4, 0.5) is 4.39 Å². The Hall–Kier alpha value is -3.82. The number of rotatable bonds is 4. The van der Waals surface area contributed by atoms with E-state index in [0.29, 0.717) is 43.8 Å². The third kappa shape index (κ3) is 4.84. The fourth-order valence-corrected chi connectivity index (χ4v) is 5.89. The van der Waals surface area contributed by atoms with E-state index in [1.54, 1.807) is 39.6 Å². The van der Waals surface area contributed by atoms with Gasteiger partial charge < -0.3 is 14.9 Å². The van der Waals surface area contributed by atoms with Crippen molar-refractivity contribution < 1.29 is 23.9 Å². The van der Waals surface area contributed by atoms with Crippen LogP contribution in [0.5, 0.6) is 0 Å². The molecule has 5 rings (SSSR count). The lowest BCUT2D eigenvalue weighted by molar-refractivity contribution is -0.162. The highest BCUT2D eigenvalue weighted by Crippen LogP contribution is 2.46. The maximum absolute atomic E-state index is 13.8. The number of aromatic nitrogens is 3. The van der Waals surface area contributed by atoms with Crippen LogP contribution in [0.1, 0.15) is 70.4 Å². The molecule has 0 unspecified atom stereocenters. The summed E-state index contributed by atoms with van der Waals surface area (Å²) < 4.78 is 15.1. The summed E-state index contributed by atoms with van der Waals surface area (Å²) in [7, 11) is 0. The summed E-state index contributed by atoms with van der Waals surface area (Å²) in [4.78, 5) is 46.6. The molecule has 2 aromatic heterocycles. The van der Waals surface area contributed by atoms with Crippen molar-refractivity contribution in [2.24, 2.45) is 11.3 Å². The Morgan fingerprint density at radius 2 is 1.70 bits per heavy atom. The summed E-state index contributed by atoms with van der Waals surface area (Å²) >= 11 is 0. The number of aliphatic carboxylic acids is 1. The van der Waals surface area contributed by atoms with Gasteiger partial charge >= 0.3 is 5.97 Å². The summed E-state index contributed by atoms with van der Waals surface area (Å²) in [6.07, 6.45) is 2.31. The molecule has 2 amide bonds. The van der Waals surface area contributed by atoms with Crippen LogP contribution in [0.3, 0.4) is 0 Å². The highest BCUT2D eigenvalue weighted by molar-refractivity contribution is 5.94. The number of fused-ring (bicyclic) bond motifs is 1. The molecule has 3 heterocycles. The number of halogens is 1. The largest absolute Gasteiger partial charge is 0.481 e. The van der Waals surface area contributed by atoms with Crippen molar-refractivity contribution in [3.05, 3.63) is 53.6 Å². The van der Waals surface area contributed by atoms with Crippen molar-refractivity contribution in [3.8, 4) is 11.3 Å². The van der Waals surface area contributed by atoms with E-state index in [1.165, 1.54) is 12.1 Å². The van der Waals surface area contributed by atoms with Crippen LogP contribution >= 0.6 is 0 Å². The molecule has 1 saturated heterocycles. The van der Waals surface area contributed by atoms with Crippen LogP contribution in [-0.4, -0.2) is 72.5 Å². The number of benzene rings is 1. The summed E-state index contributed by atoms with van der Waals surface area (Å²) in [5.41, 5.74) is 1.37. The number of carbonyl (C=O) groups is 3. The standard InChI is InChI=1S/C30H36FN5O4/c1-28(2,3)21-13-22(18-7-9-20(31)10-8-18)33-36-16-23(32-24(21)36)26(38)35-12-11-34(17-29(35,4)5)25(37)19-14-30(6,15-19)27(39)40/h7-10,13,16,19H,11-12,14-15,17H2,1-6H3,(H,39,40). The number of carbonyl (C=O) groups excluding carboxylic acids is 2. The molecule has 3 aromatic rings. The molecule has 1 saturated carbocycles. The quantitative estimate of drug-likeness (QED) is 0.517. The number of nitrogens with zero attached hydrogens (tertiary/aromatic N) is 5. The average Bonchev–Trinajstić information content (AvgIpc) is 3.28. The van der Waals surface area contributed by atoms with Gasteiger partial charge in [0.05, 0.1) is 22.8 Å².